The Morgan fingerprint density at radius 1 is 1.00 bits per heavy atom. The normalized spacial score (nSPS) is 13.7. The molecule has 2 aromatic carbocycles. The summed E-state index contributed by atoms with van der Waals surface area (Å²) in [5.74, 6) is 0.171. The number of hydrogen-bond donors (Lipinski definition) is 1. The number of rotatable bonds is 3. The van der Waals surface area contributed by atoms with Crippen molar-refractivity contribution in [1.29, 1.82) is 0 Å². The number of hydrogen-bond acceptors (Lipinski definition) is 3. The van der Waals surface area contributed by atoms with Gasteiger partial charge in [0.25, 0.3) is 0 Å². The van der Waals surface area contributed by atoms with Crippen LogP contribution in [0.3, 0.4) is 0 Å². The zero-order valence-corrected chi connectivity index (χ0v) is 10.7. The molecule has 0 radical (unpaired) electrons. The van der Waals surface area contributed by atoms with E-state index in [0.29, 0.717) is 0 Å². The van der Waals surface area contributed by atoms with Gasteiger partial charge in [-0.2, -0.15) is 8.78 Å². The molecule has 1 heterocycles. The van der Waals surface area contributed by atoms with Gasteiger partial charge < -0.3 is 15.4 Å². The second kappa shape index (κ2) is 5.00. The zero-order valence-electron chi connectivity index (χ0n) is 10.7. The number of alkyl halides is 2. The smallest absolute Gasteiger partial charge is 0.387 e. The first kappa shape index (κ1) is 12.7. The number of ether oxygens (including phenoxy) is 1. The molecule has 0 bridgehead atoms. The van der Waals surface area contributed by atoms with E-state index in [1.807, 2.05) is 18.2 Å². The summed E-state index contributed by atoms with van der Waals surface area (Å²) in [6, 6.07) is 12.6. The van der Waals surface area contributed by atoms with Crippen LogP contribution >= 0.6 is 0 Å². The fourth-order valence-electron chi connectivity index (χ4n) is 2.44. The van der Waals surface area contributed by atoms with Gasteiger partial charge in [0.15, 0.2) is 0 Å². The Labute approximate surface area is 115 Å². The molecule has 20 heavy (non-hydrogen) atoms. The van der Waals surface area contributed by atoms with Crippen LogP contribution in [0.5, 0.6) is 5.75 Å². The molecule has 3 nitrogen and oxygen atoms in total. The lowest BCUT2D eigenvalue weighted by Gasteiger charge is -2.18. The van der Waals surface area contributed by atoms with Crippen LogP contribution in [0.2, 0.25) is 0 Å². The Kier molecular flexibility index (Phi) is 3.18. The molecule has 0 saturated heterocycles. The molecule has 0 aromatic heterocycles. The molecule has 2 N–H and O–H groups in total. The van der Waals surface area contributed by atoms with E-state index < -0.39 is 6.61 Å². The molecule has 1 aliphatic heterocycles. The topological polar surface area (TPSA) is 38.5 Å². The number of fused-ring (bicyclic) bond motifs is 1. The number of anilines is 2. The lowest BCUT2D eigenvalue weighted by atomic mass is 10.1. The predicted octanol–water partition coefficient (Wildman–Crippen LogP) is 3.39. The van der Waals surface area contributed by atoms with Crippen LogP contribution in [-0.4, -0.2) is 6.61 Å². The highest BCUT2D eigenvalue weighted by molar-refractivity contribution is 5.56. The van der Waals surface area contributed by atoms with Gasteiger partial charge in [-0.3, -0.25) is 0 Å². The van der Waals surface area contributed by atoms with Gasteiger partial charge in [-0.1, -0.05) is 6.07 Å². The number of nitrogens with two attached hydrogens (primary N) is 1. The third-order valence-corrected chi connectivity index (χ3v) is 3.38. The maximum Gasteiger partial charge on any atom is 0.387 e. The summed E-state index contributed by atoms with van der Waals surface area (Å²) in [4.78, 5) is 2.16. The molecule has 3 rings (SSSR count). The number of nitrogens with zero attached hydrogens (tertiary/aromatic N) is 1. The molecular weight excluding hydrogens is 262 g/mol. The van der Waals surface area contributed by atoms with Crippen LogP contribution in [0.1, 0.15) is 11.1 Å². The van der Waals surface area contributed by atoms with E-state index in [9.17, 15) is 8.78 Å². The lowest BCUT2D eigenvalue weighted by molar-refractivity contribution is -0.0498. The van der Waals surface area contributed by atoms with E-state index in [1.165, 1.54) is 11.1 Å². The van der Waals surface area contributed by atoms with Crippen molar-refractivity contribution in [2.24, 2.45) is 0 Å². The Morgan fingerprint density at radius 3 is 2.40 bits per heavy atom. The quantitative estimate of drug-likeness (QED) is 0.873. The summed E-state index contributed by atoms with van der Waals surface area (Å²) in [6.45, 7) is -1.22. The Hall–Kier alpha value is -2.30. The first-order chi connectivity index (χ1) is 9.61. The molecule has 0 aliphatic carbocycles. The van der Waals surface area contributed by atoms with E-state index in [1.54, 1.807) is 24.3 Å². The molecule has 0 saturated carbocycles. The average Bonchev–Trinajstić information content (AvgIpc) is 2.81. The summed E-state index contributed by atoms with van der Waals surface area (Å²) >= 11 is 0. The predicted molar refractivity (Wildman–Crippen MR) is 73.8 cm³/mol. The first-order valence-corrected chi connectivity index (χ1v) is 6.29. The summed E-state index contributed by atoms with van der Waals surface area (Å²) in [5, 5.41) is 0. The summed E-state index contributed by atoms with van der Waals surface area (Å²) < 4.78 is 28.5. The number of nitrogen functional groups attached to an aromatic ring is 1. The second-order valence-electron chi connectivity index (χ2n) is 4.76. The molecule has 2 aromatic rings. The Balaban J connectivity index is 1.75. The minimum atomic E-state index is -2.79. The highest BCUT2D eigenvalue weighted by atomic mass is 19.3. The highest BCUT2D eigenvalue weighted by Crippen LogP contribution is 2.30. The number of halogens is 2. The molecule has 1 aliphatic rings. The van der Waals surface area contributed by atoms with E-state index in [2.05, 4.69) is 9.64 Å². The van der Waals surface area contributed by atoms with Crippen molar-refractivity contribution in [3.8, 4) is 5.75 Å². The van der Waals surface area contributed by atoms with Gasteiger partial charge >= 0.3 is 6.61 Å². The monoisotopic (exact) mass is 276 g/mol. The average molecular weight is 276 g/mol. The summed E-state index contributed by atoms with van der Waals surface area (Å²) in [5.41, 5.74) is 9.95. The third-order valence-electron chi connectivity index (χ3n) is 3.38. The molecule has 104 valence electrons. The third kappa shape index (κ3) is 2.52. The van der Waals surface area contributed by atoms with Crippen molar-refractivity contribution in [2.75, 3.05) is 10.6 Å². The zero-order chi connectivity index (χ0) is 14.1. The van der Waals surface area contributed by atoms with Gasteiger partial charge in [0.2, 0.25) is 0 Å². The Morgan fingerprint density at radius 2 is 1.70 bits per heavy atom. The van der Waals surface area contributed by atoms with E-state index in [0.717, 1.165) is 24.5 Å². The van der Waals surface area contributed by atoms with Crippen LogP contribution in [-0.2, 0) is 13.1 Å². The maximum atomic E-state index is 12.1. The fraction of sp³-hybridized carbons (Fsp3) is 0.200. The van der Waals surface area contributed by atoms with Crippen LogP contribution in [0.15, 0.2) is 42.5 Å². The van der Waals surface area contributed by atoms with E-state index in [4.69, 9.17) is 5.73 Å². The summed E-state index contributed by atoms with van der Waals surface area (Å²) in [7, 11) is 0. The largest absolute Gasteiger partial charge is 0.435 e. The lowest BCUT2D eigenvalue weighted by Crippen LogP contribution is -2.14. The molecule has 5 heteroatoms. The van der Waals surface area contributed by atoms with Crippen LogP contribution in [0.25, 0.3) is 0 Å². The number of benzene rings is 2. The minimum absolute atomic E-state index is 0.171. The maximum absolute atomic E-state index is 12.1. The highest BCUT2D eigenvalue weighted by Gasteiger charge is 2.19. The van der Waals surface area contributed by atoms with Crippen LogP contribution in [0, 0.1) is 0 Å². The minimum Gasteiger partial charge on any atom is -0.435 e. The van der Waals surface area contributed by atoms with Crippen LogP contribution < -0.4 is 15.4 Å². The van der Waals surface area contributed by atoms with Gasteiger partial charge in [-0.25, -0.2) is 0 Å². The van der Waals surface area contributed by atoms with Crippen LogP contribution in [0.4, 0.5) is 20.2 Å². The molecule has 0 unspecified atom stereocenters. The van der Waals surface area contributed by atoms with Gasteiger partial charge in [0, 0.05) is 24.5 Å². The fourth-order valence-corrected chi connectivity index (χ4v) is 2.44. The van der Waals surface area contributed by atoms with Crippen molar-refractivity contribution in [1.82, 2.24) is 0 Å². The first-order valence-electron chi connectivity index (χ1n) is 6.29. The van der Waals surface area contributed by atoms with Gasteiger partial charge in [0.1, 0.15) is 5.75 Å². The van der Waals surface area contributed by atoms with Gasteiger partial charge in [-0.05, 0) is 47.5 Å². The molecular formula is C15H14F2N2O. The molecule has 0 atom stereocenters. The van der Waals surface area contributed by atoms with Crippen molar-refractivity contribution in [3.05, 3.63) is 53.6 Å². The Bertz CT molecular complexity index is 614. The molecule has 0 fully saturated rings. The SMILES string of the molecule is Nc1ccc2c(c1)CN(c1ccc(OC(F)F)cc1)C2. The molecule has 0 spiro atoms. The second-order valence-corrected chi connectivity index (χ2v) is 4.76. The van der Waals surface area contributed by atoms with Crippen molar-refractivity contribution < 1.29 is 13.5 Å². The van der Waals surface area contributed by atoms with Crippen molar-refractivity contribution in [3.63, 3.8) is 0 Å². The van der Waals surface area contributed by atoms with E-state index >= 15 is 0 Å². The summed E-state index contributed by atoms with van der Waals surface area (Å²) in [6.07, 6.45) is 0. The van der Waals surface area contributed by atoms with E-state index in [-0.39, 0.29) is 5.75 Å². The van der Waals surface area contributed by atoms with Crippen molar-refractivity contribution in [2.45, 2.75) is 19.7 Å². The molecule has 0 amide bonds. The van der Waals surface area contributed by atoms with Gasteiger partial charge in [-0.15, -0.1) is 0 Å². The standard InChI is InChI=1S/C15H14F2N2O/c16-15(17)20-14-5-3-13(4-6-14)19-8-10-1-2-12(18)7-11(10)9-19/h1-7,15H,8-9,18H2. The van der Waals surface area contributed by atoms with Crippen molar-refractivity contribution >= 4 is 11.4 Å². The van der Waals surface area contributed by atoms with Gasteiger partial charge in [0.05, 0.1) is 0 Å².